The molecule has 2 unspecified atom stereocenters. The van der Waals surface area contributed by atoms with Gasteiger partial charge in [-0.05, 0) is 37.0 Å². The van der Waals surface area contributed by atoms with Gasteiger partial charge in [-0.3, -0.25) is 4.79 Å². The Morgan fingerprint density at radius 3 is 2.89 bits per heavy atom. The molecular formula is C15H18BrFO. The Morgan fingerprint density at radius 2 is 2.22 bits per heavy atom. The average molecular weight is 313 g/mol. The maximum absolute atomic E-state index is 13.8. The van der Waals surface area contributed by atoms with E-state index in [0.29, 0.717) is 10.4 Å². The molecule has 18 heavy (non-hydrogen) atoms. The standard InChI is InChI=1S/C15H18BrFO/c1-2-10-4-3-5-11(8-10)15(18)13-7-6-12(16)9-14(13)17/h6-7,9-11H,2-5,8H2,1H3. The molecule has 0 aliphatic heterocycles. The number of ketones is 1. The van der Waals surface area contributed by atoms with Gasteiger partial charge in [0.05, 0.1) is 5.56 Å². The third-order valence-electron chi connectivity index (χ3n) is 3.93. The first-order chi connectivity index (χ1) is 8.61. The number of carbonyl (C=O) groups excluding carboxylic acids is 1. The van der Waals surface area contributed by atoms with Crippen molar-refractivity contribution in [1.29, 1.82) is 0 Å². The summed E-state index contributed by atoms with van der Waals surface area (Å²) in [5, 5.41) is 0. The van der Waals surface area contributed by atoms with Gasteiger partial charge in [-0.1, -0.05) is 42.1 Å². The minimum Gasteiger partial charge on any atom is -0.294 e. The molecule has 2 rings (SSSR count). The van der Waals surface area contributed by atoms with E-state index in [-0.39, 0.29) is 17.3 Å². The van der Waals surface area contributed by atoms with Crippen molar-refractivity contribution in [2.45, 2.75) is 39.0 Å². The van der Waals surface area contributed by atoms with Crippen LogP contribution in [-0.4, -0.2) is 5.78 Å². The van der Waals surface area contributed by atoms with Gasteiger partial charge in [-0.15, -0.1) is 0 Å². The molecule has 1 aliphatic carbocycles. The molecule has 1 nitrogen and oxygen atoms in total. The number of hydrogen-bond acceptors (Lipinski definition) is 1. The number of benzene rings is 1. The molecule has 1 aromatic carbocycles. The van der Waals surface area contributed by atoms with E-state index < -0.39 is 5.82 Å². The molecule has 0 aromatic heterocycles. The van der Waals surface area contributed by atoms with Crippen LogP contribution >= 0.6 is 15.9 Å². The van der Waals surface area contributed by atoms with Crippen LogP contribution in [-0.2, 0) is 0 Å². The van der Waals surface area contributed by atoms with Crippen LogP contribution in [0.15, 0.2) is 22.7 Å². The third kappa shape index (κ3) is 3.00. The van der Waals surface area contributed by atoms with E-state index >= 15 is 0 Å². The second-order valence-corrected chi connectivity index (χ2v) is 6.04. The molecule has 0 amide bonds. The molecule has 3 heteroatoms. The Labute approximate surface area is 116 Å². The van der Waals surface area contributed by atoms with Crippen LogP contribution in [0.5, 0.6) is 0 Å². The van der Waals surface area contributed by atoms with Gasteiger partial charge in [0, 0.05) is 10.4 Å². The second kappa shape index (κ2) is 5.96. The summed E-state index contributed by atoms with van der Waals surface area (Å²) in [7, 11) is 0. The van der Waals surface area contributed by atoms with Gasteiger partial charge in [0.25, 0.3) is 0 Å². The summed E-state index contributed by atoms with van der Waals surface area (Å²) < 4.78 is 14.5. The highest BCUT2D eigenvalue weighted by Crippen LogP contribution is 2.33. The monoisotopic (exact) mass is 312 g/mol. The summed E-state index contributed by atoms with van der Waals surface area (Å²) in [6.07, 6.45) is 5.25. The van der Waals surface area contributed by atoms with E-state index in [1.54, 1.807) is 12.1 Å². The van der Waals surface area contributed by atoms with Crippen molar-refractivity contribution in [3.8, 4) is 0 Å². The van der Waals surface area contributed by atoms with Crippen LogP contribution in [0.25, 0.3) is 0 Å². The van der Waals surface area contributed by atoms with Crippen molar-refractivity contribution in [2.75, 3.05) is 0 Å². The maximum Gasteiger partial charge on any atom is 0.168 e. The highest BCUT2D eigenvalue weighted by Gasteiger charge is 2.28. The second-order valence-electron chi connectivity index (χ2n) is 5.13. The Morgan fingerprint density at radius 1 is 1.44 bits per heavy atom. The lowest BCUT2D eigenvalue weighted by Crippen LogP contribution is -2.23. The first-order valence-electron chi connectivity index (χ1n) is 6.61. The van der Waals surface area contributed by atoms with Gasteiger partial charge in [0.1, 0.15) is 5.82 Å². The molecule has 1 saturated carbocycles. The van der Waals surface area contributed by atoms with Crippen molar-refractivity contribution < 1.29 is 9.18 Å². The van der Waals surface area contributed by atoms with E-state index in [1.807, 2.05) is 0 Å². The van der Waals surface area contributed by atoms with Gasteiger partial charge in [0.2, 0.25) is 0 Å². The first-order valence-corrected chi connectivity index (χ1v) is 7.40. The van der Waals surface area contributed by atoms with Crippen molar-refractivity contribution in [3.63, 3.8) is 0 Å². The molecule has 0 bridgehead atoms. The Balaban J connectivity index is 2.15. The Bertz CT molecular complexity index is 444. The molecule has 0 saturated heterocycles. The number of rotatable bonds is 3. The molecule has 2 atom stereocenters. The highest BCUT2D eigenvalue weighted by atomic mass is 79.9. The third-order valence-corrected chi connectivity index (χ3v) is 4.42. The van der Waals surface area contributed by atoms with E-state index in [1.165, 1.54) is 12.5 Å². The number of halogens is 2. The first kappa shape index (κ1) is 13.7. The van der Waals surface area contributed by atoms with E-state index in [2.05, 4.69) is 22.9 Å². The highest BCUT2D eigenvalue weighted by molar-refractivity contribution is 9.10. The average Bonchev–Trinajstić information content (AvgIpc) is 2.38. The lowest BCUT2D eigenvalue weighted by molar-refractivity contribution is 0.0857. The molecule has 1 fully saturated rings. The summed E-state index contributed by atoms with van der Waals surface area (Å²) in [5.41, 5.74) is 0.250. The molecular weight excluding hydrogens is 295 g/mol. The SMILES string of the molecule is CCC1CCCC(C(=O)c2ccc(Br)cc2F)C1. The lowest BCUT2D eigenvalue weighted by atomic mass is 9.77. The van der Waals surface area contributed by atoms with Crippen LogP contribution in [0.1, 0.15) is 49.4 Å². The van der Waals surface area contributed by atoms with Crippen LogP contribution in [0.2, 0.25) is 0 Å². The smallest absolute Gasteiger partial charge is 0.168 e. The van der Waals surface area contributed by atoms with Crippen LogP contribution in [0.4, 0.5) is 4.39 Å². The van der Waals surface area contributed by atoms with E-state index in [0.717, 1.165) is 25.7 Å². The predicted octanol–water partition coefficient (Wildman–Crippen LogP) is 4.99. The minimum absolute atomic E-state index is 0.0133. The molecule has 0 spiro atoms. The van der Waals surface area contributed by atoms with Gasteiger partial charge in [0.15, 0.2) is 5.78 Å². The van der Waals surface area contributed by atoms with E-state index in [4.69, 9.17) is 0 Å². The normalized spacial score (nSPS) is 23.9. The summed E-state index contributed by atoms with van der Waals surface area (Å²) in [6.45, 7) is 2.16. The largest absolute Gasteiger partial charge is 0.294 e. The Kier molecular flexibility index (Phi) is 4.55. The minimum atomic E-state index is -0.409. The Hall–Kier alpha value is -0.700. The van der Waals surface area contributed by atoms with E-state index in [9.17, 15) is 9.18 Å². The van der Waals surface area contributed by atoms with Gasteiger partial charge in [-0.2, -0.15) is 0 Å². The predicted molar refractivity (Wildman–Crippen MR) is 74.2 cm³/mol. The fourth-order valence-electron chi connectivity index (χ4n) is 2.81. The van der Waals surface area contributed by atoms with Gasteiger partial charge in [-0.25, -0.2) is 4.39 Å². The number of hydrogen-bond donors (Lipinski definition) is 0. The summed E-state index contributed by atoms with van der Waals surface area (Å²) in [4.78, 5) is 12.3. The zero-order valence-electron chi connectivity index (χ0n) is 10.6. The fourth-order valence-corrected chi connectivity index (χ4v) is 3.14. The molecule has 1 aliphatic rings. The zero-order valence-corrected chi connectivity index (χ0v) is 12.2. The molecule has 0 radical (unpaired) electrons. The molecule has 98 valence electrons. The number of Topliss-reactive ketones (excluding diaryl/α,β-unsaturated/α-hetero) is 1. The molecule has 0 N–H and O–H groups in total. The topological polar surface area (TPSA) is 17.1 Å². The summed E-state index contributed by atoms with van der Waals surface area (Å²) in [5.74, 6) is 0.219. The van der Waals surface area contributed by atoms with Crippen LogP contribution in [0.3, 0.4) is 0 Å². The zero-order chi connectivity index (χ0) is 13.1. The van der Waals surface area contributed by atoms with Crippen molar-refractivity contribution >= 4 is 21.7 Å². The van der Waals surface area contributed by atoms with Crippen LogP contribution < -0.4 is 0 Å². The van der Waals surface area contributed by atoms with Gasteiger partial charge < -0.3 is 0 Å². The molecule has 0 heterocycles. The number of carbonyl (C=O) groups is 1. The van der Waals surface area contributed by atoms with Crippen LogP contribution in [0, 0.1) is 17.7 Å². The fraction of sp³-hybridized carbons (Fsp3) is 0.533. The summed E-state index contributed by atoms with van der Waals surface area (Å²) >= 11 is 3.21. The maximum atomic E-state index is 13.8. The lowest BCUT2D eigenvalue weighted by Gasteiger charge is -2.27. The quantitative estimate of drug-likeness (QED) is 0.719. The van der Waals surface area contributed by atoms with Crippen molar-refractivity contribution in [2.24, 2.45) is 11.8 Å². The molecule has 1 aromatic rings. The van der Waals surface area contributed by atoms with Crippen molar-refractivity contribution in [3.05, 3.63) is 34.1 Å². The van der Waals surface area contributed by atoms with Gasteiger partial charge >= 0.3 is 0 Å². The van der Waals surface area contributed by atoms with Crippen molar-refractivity contribution in [1.82, 2.24) is 0 Å². The summed E-state index contributed by atoms with van der Waals surface area (Å²) in [6, 6.07) is 4.70.